The van der Waals surface area contributed by atoms with Gasteiger partial charge >= 0.3 is 0 Å². The zero-order chi connectivity index (χ0) is 10.2. The molecule has 1 rings (SSSR count). The quantitative estimate of drug-likeness (QED) is 0.648. The molecule has 0 aliphatic rings. The molecule has 1 aromatic carbocycles. The van der Waals surface area contributed by atoms with Crippen LogP contribution in [0, 0.1) is 0 Å². The Morgan fingerprint density at radius 2 is 1.93 bits per heavy atom. The summed E-state index contributed by atoms with van der Waals surface area (Å²) in [5.41, 5.74) is 0. The average Bonchev–Trinajstić information content (AvgIpc) is 2.20. The first kappa shape index (κ1) is 11.1. The lowest BCUT2D eigenvalue weighted by atomic mass is 10.3. The molecule has 14 heavy (non-hydrogen) atoms. The molecule has 78 valence electrons. The van der Waals surface area contributed by atoms with Gasteiger partial charge in [0.1, 0.15) is 11.9 Å². The highest BCUT2D eigenvalue weighted by atomic mass is 16.5. The van der Waals surface area contributed by atoms with Crippen molar-refractivity contribution >= 4 is 0 Å². The molecule has 0 saturated heterocycles. The fourth-order valence-corrected chi connectivity index (χ4v) is 1.16. The normalized spacial score (nSPS) is 12.4. The van der Waals surface area contributed by atoms with Crippen molar-refractivity contribution in [2.75, 3.05) is 13.2 Å². The molecule has 0 fully saturated rings. The zero-order valence-electron chi connectivity index (χ0n) is 8.90. The van der Waals surface area contributed by atoms with Crippen LogP contribution in [0.15, 0.2) is 30.3 Å². The maximum absolute atomic E-state index is 5.64. The van der Waals surface area contributed by atoms with Crippen LogP contribution in [0.3, 0.4) is 0 Å². The van der Waals surface area contributed by atoms with Crippen LogP contribution in [0.2, 0.25) is 0 Å². The topological polar surface area (TPSA) is 18.5 Å². The Balaban J connectivity index is 2.23. The van der Waals surface area contributed by atoms with E-state index in [0.29, 0.717) is 6.61 Å². The van der Waals surface area contributed by atoms with E-state index in [4.69, 9.17) is 9.47 Å². The summed E-state index contributed by atoms with van der Waals surface area (Å²) < 4.78 is 11.0. The molecule has 0 amide bonds. The summed E-state index contributed by atoms with van der Waals surface area (Å²) in [7, 11) is 0. The predicted molar refractivity (Wildman–Crippen MR) is 57.6 cm³/mol. The highest BCUT2D eigenvalue weighted by Gasteiger charge is 2.02. The molecule has 2 heteroatoms. The fourth-order valence-electron chi connectivity index (χ4n) is 1.16. The number of benzene rings is 1. The Kier molecular flexibility index (Phi) is 5.08. The van der Waals surface area contributed by atoms with Crippen molar-refractivity contribution in [2.45, 2.75) is 26.4 Å². The summed E-state index contributed by atoms with van der Waals surface area (Å²) in [5, 5.41) is 0. The van der Waals surface area contributed by atoms with Crippen LogP contribution < -0.4 is 4.74 Å². The summed E-state index contributed by atoms with van der Waals surface area (Å²) in [6.07, 6.45) is 1.17. The van der Waals surface area contributed by atoms with Crippen molar-refractivity contribution in [1.29, 1.82) is 0 Å². The van der Waals surface area contributed by atoms with Gasteiger partial charge in [0.15, 0.2) is 0 Å². The van der Waals surface area contributed by atoms with Gasteiger partial charge in [0, 0.05) is 6.61 Å². The van der Waals surface area contributed by atoms with E-state index in [-0.39, 0.29) is 6.10 Å². The summed E-state index contributed by atoms with van der Waals surface area (Å²) >= 11 is 0. The lowest BCUT2D eigenvalue weighted by Gasteiger charge is -2.14. The molecule has 2 nitrogen and oxygen atoms in total. The number of para-hydroxylation sites is 1. The third-order valence-electron chi connectivity index (χ3n) is 1.78. The van der Waals surface area contributed by atoms with Crippen LogP contribution in [0.25, 0.3) is 0 Å². The minimum absolute atomic E-state index is 0.115. The van der Waals surface area contributed by atoms with Gasteiger partial charge in [-0.15, -0.1) is 0 Å². The number of rotatable bonds is 6. The van der Waals surface area contributed by atoms with Crippen molar-refractivity contribution in [3.63, 3.8) is 0 Å². The van der Waals surface area contributed by atoms with Crippen LogP contribution in [-0.2, 0) is 4.74 Å². The molecule has 0 saturated carbocycles. The van der Waals surface area contributed by atoms with Crippen molar-refractivity contribution in [2.24, 2.45) is 0 Å². The molecule has 0 N–H and O–H groups in total. The largest absolute Gasteiger partial charge is 0.488 e. The SMILES string of the molecule is CCCOCC(C)Oc1ccccc1. The molecule has 0 radical (unpaired) electrons. The number of hydrogen-bond donors (Lipinski definition) is 0. The van der Waals surface area contributed by atoms with E-state index in [1.807, 2.05) is 37.3 Å². The van der Waals surface area contributed by atoms with Crippen LogP contribution in [0.5, 0.6) is 5.75 Å². The summed E-state index contributed by atoms with van der Waals surface area (Å²) in [4.78, 5) is 0. The smallest absolute Gasteiger partial charge is 0.119 e. The summed E-state index contributed by atoms with van der Waals surface area (Å²) in [5.74, 6) is 0.903. The number of hydrogen-bond acceptors (Lipinski definition) is 2. The van der Waals surface area contributed by atoms with E-state index in [9.17, 15) is 0 Å². The molecule has 0 aliphatic heterocycles. The third-order valence-corrected chi connectivity index (χ3v) is 1.78. The van der Waals surface area contributed by atoms with Gasteiger partial charge in [0.2, 0.25) is 0 Å². The molecule has 0 heterocycles. The van der Waals surface area contributed by atoms with Crippen molar-refractivity contribution in [3.05, 3.63) is 30.3 Å². The van der Waals surface area contributed by atoms with E-state index >= 15 is 0 Å². The maximum atomic E-state index is 5.64. The maximum Gasteiger partial charge on any atom is 0.119 e. The van der Waals surface area contributed by atoms with Gasteiger partial charge in [0.05, 0.1) is 6.61 Å². The molecule has 0 aromatic heterocycles. The Bertz CT molecular complexity index is 233. The van der Waals surface area contributed by atoms with Gasteiger partial charge in [-0.25, -0.2) is 0 Å². The molecule has 0 aliphatic carbocycles. The monoisotopic (exact) mass is 194 g/mol. The van der Waals surface area contributed by atoms with Crippen molar-refractivity contribution in [1.82, 2.24) is 0 Å². The first-order valence-corrected chi connectivity index (χ1v) is 5.12. The van der Waals surface area contributed by atoms with E-state index in [1.54, 1.807) is 0 Å². The lowest BCUT2D eigenvalue weighted by Crippen LogP contribution is -2.19. The van der Waals surface area contributed by atoms with Crippen LogP contribution in [-0.4, -0.2) is 19.3 Å². The first-order chi connectivity index (χ1) is 6.83. The minimum Gasteiger partial charge on any atom is -0.488 e. The molecular weight excluding hydrogens is 176 g/mol. The lowest BCUT2D eigenvalue weighted by molar-refractivity contribution is 0.0590. The Morgan fingerprint density at radius 1 is 1.21 bits per heavy atom. The molecule has 1 atom stereocenters. The highest BCUT2D eigenvalue weighted by Crippen LogP contribution is 2.10. The second kappa shape index (κ2) is 6.44. The van der Waals surface area contributed by atoms with Gasteiger partial charge in [-0.2, -0.15) is 0 Å². The molecule has 1 unspecified atom stereocenters. The van der Waals surface area contributed by atoms with E-state index in [1.165, 1.54) is 0 Å². The Labute approximate surface area is 85.8 Å². The van der Waals surface area contributed by atoms with Gasteiger partial charge in [0.25, 0.3) is 0 Å². The fraction of sp³-hybridized carbons (Fsp3) is 0.500. The Hall–Kier alpha value is -1.02. The van der Waals surface area contributed by atoms with Gasteiger partial charge in [-0.05, 0) is 25.5 Å². The summed E-state index contributed by atoms with van der Waals surface area (Å²) in [6.45, 7) is 5.58. The standard InChI is InChI=1S/C12H18O2/c1-3-9-13-10-11(2)14-12-7-5-4-6-8-12/h4-8,11H,3,9-10H2,1-2H3. The first-order valence-electron chi connectivity index (χ1n) is 5.12. The van der Waals surface area contributed by atoms with Crippen LogP contribution >= 0.6 is 0 Å². The van der Waals surface area contributed by atoms with Gasteiger partial charge < -0.3 is 9.47 Å². The van der Waals surface area contributed by atoms with Gasteiger partial charge in [-0.1, -0.05) is 25.1 Å². The van der Waals surface area contributed by atoms with Crippen LogP contribution in [0.1, 0.15) is 20.3 Å². The van der Waals surface area contributed by atoms with Crippen molar-refractivity contribution in [3.8, 4) is 5.75 Å². The van der Waals surface area contributed by atoms with Gasteiger partial charge in [-0.3, -0.25) is 0 Å². The number of ether oxygens (including phenoxy) is 2. The van der Waals surface area contributed by atoms with E-state index in [2.05, 4.69) is 6.92 Å². The molecule has 0 bridgehead atoms. The second-order valence-corrected chi connectivity index (χ2v) is 3.32. The third kappa shape index (κ3) is 4.28. The Morgan fingerprint density at radius 3 is 2.57 bits per heavy atom. The molecule has 0 spiro atoms. The van der Waals surface area contributed by atoms with E-state index in [0.717, 1.165) is 18.8 Å². The summed E-state index contributed by atoms with van der Waals surface area (Å²) in [6, 6.07) is 9.82. The second-order valence-electron chi connectivity index (χ2n) is 3.32. The van der Waals surface area contributed by atoms with E-state index < -0.39 is 0 Å². The minimum atomic E-state index is 0.115. The zero-order valence-corrected chi connectivity index (χ0v) is 8.90. The average molecular weight is 194 g/mol. The molecule has 1 aromatic rings. The van der Waals surface area contributed by atoms with Crippen LogP contribution in [0.4, 0.5) is 0 Å². The van der Waals surface area contributed by atoms with Crippen molar-refractivity contribution < 1.29 is 9.47 Å². The molecular formula is C12H18O2. The predicted octanol–water partition coefficient (Wildman–Crippen LogP) is 2.88. The highest BCUT2D eigenvalue weighted by molar-refractivity contribution is 5.21.